The Morgan fingerprint density at radius 2 is 1.64 bits per heavy atom. The lowest BCUT2D eigenvalue weighted by atomic mass is 9.46. The van der Waals surface area contributed by atoms with Crippen LogP contribution in [0.5, 0.6) is 0 Å². The van der Waals surface area contributed by atoms with E-state index in [1.165, 1.54) is 51.4 Å². The van der Waals surface area contributed by atoms with Gasteiger partial charge in [0.15, 0.2) is 24.3 Å². The SMILES string of the molecule is CCCCCCCC/C=C\CCCCCCCC(=O)OCC(=O)[C@@]12OC(CCC)O[C@@H]1C[C@H]1[C@@H]3CCC4=CC(=O)C=C[C@]4(C)[C@H]3[C@@H](O)C[C@@]12C. The molecule has 50 heavy (non-hydrogen) atoms. The van der Waals surface area contributed by atoms with Crippen LogP contribution in [0.2, 0.25) is 0 Å². The molecule has 5 rings (SSSR count). The van der Waals surface area contributed by atoms with Crippen LogP contribution in [0.1, 0.15) is 156 Å². The Bertz CT molecular complexity index is 1270. The lowest BCUT2D eigenvalue weighted by molar-refractivity contribution is -0.201. The van der Waals surface area contributed by atoms with Crippen LogP contribution in [0.4, 0.5) is 0 Å². The van der Waals surface area contributed by atoms with E-state index >= 15 is 0 Å². The standard InChI is InChI=1S/C43H66O7/c1-5-7-8-9-10-11-12-13-14-15-16-17-18-19-20-22-38(47)48-30-36(46)43-37(49-39(50-43)21-6-2)28-34-33-24-23-31-27-32(44)25-26-41(31,3)40(33)35(45)29-42(34,43)4/h13-14,25-27,33-35,37,39-40,45H,5-12,15-24,28-30H2,1-4H3/b14-13-/t33-,34-,35-,37+,39?,40+,41-,42-,43+/m0/s1. The van der Waals surface area contributed by atoms with Gasteiger partial charge in [-0.1, -0.05) is 109 Å². The number of ketones is 2. The highest BCUT2D eigenvalue weighted by molar-refractivity contribution is 6.01. The maximum Gasteiger partial charge on any atom is 0.306 e. The highest BCUT2D eigenvalue weighted by atomic mass is 16.7. The van der Waals surface area contributed by atoms with Gasteiger partial charge in [0.05, 0.1) is 12.2 Å². The van der Waals surface area contributed by atoms with Crippen molar-refractivity contribution in [3.63, 3.8) is 0 Å². The molecule has 0 aromatic rings. The number of unbranched alkanes of at least 4 members (excludes halogenated alkanes) is 11. The molecule has 1 unspecified atom stereocenters. The summed E-state index contributed by atoms with van der Waals surface area (Å²) in [6.07, 6.45) is 28.6. The molecule has 1 heterocycles. The normalized spacial score (nSPS) is 35.8. The summed E-state index contributed by atoms with van der Waals surface area (Å²) >= 11 is 0. The number of carbonyl (C=O) groups excluding carboxylic acids is 3. The summed E-state index contributed by atoms with van der Waals surface area (Å²) in [5, 5.41) is 11.9. The van der Waals surface area contributed by atoms with Crippen molar-refractivity contribution in [2.45, 2.75) is 180 Å². The molecular formula is C43H66O7. The lowest BCUT2D eigenvalue weighted by Crippen LogP contribution is -2.63. The Morgan fingerprint density at radius 1 is 0.960 bits per heavy atom. The zero-order valence-corrected chi connectivity index (χ0v) is 31.6. The summed E-state index contributed by atoms with van der Waals surface area (Å²) in [6, 6.07) is 0. The zero-order valence-electron chi connectivity index (χ0n) is 31.6. The lowest BCUT2D eigenvalue weighted by Gasteiger charge is -2.59. The van der Waals surface area contributed by atoms with E-state index in [-0.39, 0.29) is 41.9 Å². The minimum absolute atomic E-state index is 0.0153. The van der Waals surface area contributed by atoms with Crippen molar-refractivity contribution in [2.75, 3.05) is 6.61 Å². The summed E-state index contributed by atoms with van der Waals surface area (Å²) in [5.74, 6) is -0.356. The molecule has 7 heteroatoms. The third-order valence-electron chi connectivity index (χ3n) is 13.2. The van der Waals surface area contributed by atoms with Crippen molar-refractivity contribution in [3.05, 3.63) is 36.0 Å². The van der Waals surface area contributed by atoms with Crippen LogP contribution in [-0.2, 0) is 28.6 Å². The molecule has 5 aliphatic rings. The molecule has 3 saturated carbocycles. The Kier molecular flexibility index (Phi) is 13.8. The van der Waals surface area contributed by atoms with E-state index in [0.717, 1.165) is 56.9 Å². The number of allylic oxidation sites excluding steroid dienone is 6. The smallest absolute Gasteiger partial charge is 0.306 e. The minimum Gasteiger partial charge on any atom is -0.458 e. The second-order valence-corrected chi connectivity index (χ2v) is 16.6. The Balaban J connectivity index is 1.10. The summed E-state index contributed by atoms with van der Waals surface area (Å²) in [7, 11) is 0. The number of rotatable bonds is 20. The quantitative estimate of drug-likeness (QED) is 0.0770. The van der Waals surface area contributed by atoms with Crippen molar-refractivity contribution < 1.29 is 33.7 Å². The van der Waals surface area contributed by atoms with E-state index < -0.39 is 34.9 Å². The van der Waals surface area contributed by atoms with Gasteiger partial charge in [0, 0.05) is 23.2 Å². The molecule has 1 aliphatic heterocycles. The third kappa shape index (κ3) is 8.10. The topological polar surface area (TPSA) is 99.1 Å². The molecule has 0 aromatic carbocycles. The predicted molar refractivity (Wildman–Crippen MR) is 196 cm³/mol. The van der Waals surface area contributed by atoms with Gasteiger partial charge in [-0.05, 0) is 88.2 Å². The first kappa shape index (κ1) is 39.1. The molecule has 0 amide bonds. The van der Waals surface area contributed by atoms with E-state index in [2.05, 4.69) is 39.8 Å². The molecule has 1 N–H and O–H groups in total. The molecule has 0 aromatic heterocycles. The number of hydrogen-bond acceptors (Lipinski definition) is 7. The number of carbonyl (C=O) groups is 3. The van der Waals surface area contributed by atoms with Gasteiger partial charge in [-0.25, -0.2) is 0 Å². The van der Waals surface area contributed by atoms with E-state index in [1.807, 2.05) is 6.08 Å². The number of fused-ring (bicyclic) bond motifs is 7. The number of esters is 1. The molecule has 4 fully saturated rings. The predicted octanol–water partition coefficient (Wildman–Crippen LogP) is 9.31. The third-order valence-corrected chi connectivity index (χ3v) is 13.2. The number of ether oxygens (including phenoxy) is 3. The molecule has 0 bridgehead atoms. The van der Waals surface area contributed by atoms with Crippen molar-refractivity contribution in [1.29, 1.82) is 0 Å². The van der Waals surface area contributed by atoms with Crippen LogP contribution in [0, 0.1) is 28.6 Å². The van der Waals surface area contributed by atoms with Crippen molar-refractivity contribution >= 4 is 17.5 Å². The van der Waals surface area contributed by atoms with Gasteiger partial charge in [0.1, 0.15) is 0 Å². The Labute approximate surface area is 302 Å². The molecule has 280 valence electrons. The summed E-state index contributed by atoms with van der Waals surface area (Å²) in [4.78, 5) is 39.4. The van der Waals surface area contributed by atoms with E-state index in [9.17, 15) is 19.5 Å². The van der Waals surface area contributed by atoms with Crippen molar-refractivity contribution in [2.24, 2.45) is 28.6 Å². The molecular weight excluding hydrogens is 628 g/mol. The number of aliphatic hydroxyl groups is 1. The second-order valence-electron chi connectivity index (χ2n) is 16.6. The van der Waals surface area contributed by atoms with Gasteiger partial charge in [-0.2, -0.15) is 0 Å². The monoisotopic (exact) mass is 694 g/mol. The molecule has 7 nitrogen and oxygen atoms in total. The van der Waals surface area contributed by atoms with Crippen LogP contribution < -0.4 is 0 Å². The first-order valence-electron chi connectivity index (χ1n) is 20.4. The van der Waals surface area contributed by atoms with Crippen LogP contribution in [-0.4, -0.2) is 53.3 Å². The maximum atomic E-state index is 14.3. The van der Waals surface area contributed by atoms with Gasteiger partial charge in [0.2, 0.25) is 5.78 Å². The first-order chi connectivity index (χ1) is 24.1. The van der Waals surface area contributed by atoms with Gasteiger partial charge in [-0.3, -0.25) is 14.4 Å². The first-order valence-corrected chi connectivity index (χ1v) is 20.4. The van der Waals surface area contributed by atoms with Crippen molar-refractivity contribution in [3.8, 4) is 0 Å². The van der Waals surface area contributed by atoms with Gasteiger partial charge < -0.3 is 19.3 Å². The van der Waals surface area contributed by atoms with E-state index in [1.54, 1.807) is 12.2 Å². The molecule has 1 saturated heterocycles. The highest BCUT2D eigenvalue weighted by Crippen LogP contribution is 2.69. The number of Topliss-reactive ketones (excluding diaryl/α,β-unsaturated/α-hetero) is 1. The summed E-state index contributed by atoms with van der Waals surface area (Å²) in [5.41, 5.74) is -1.22. The molecule has 0 spiro atoms. The second kappa shape index (κ2) is 17.6. The minimum atomic E-state index is -1.26. The molecule has 0 radical (unpaired) electrons. The van der Waals surface area contributed by atoms with Crippen LogP contribution in [0.25, 0.3) is 0 Å². The Morgan fingerprint density at radius 3 is 2.34 bits per heavy atom. The van der Waals surface area contributed by atoms with E-state index in [0.29, 0.717) is 25.7 Å². The Hall–Kier alpha value is -2.09. The average molecular weight is 695 g/mol. The average Bonchev–Trinajstić information content (AvgIpc) is 3.57. The fourth-order valence-corrected chi connectivity index (χ4v) is 10.7. The maximum absolute atomic E-state index is 14.3. The zero-order chi connectivity index (χ0) is 35.8. The van der Waals surface area contributed by atoms with Crippen LogP contribution in [0.15, 0.2) is 36.0 Å². The van der Waals surface area contributed by atoms with Gasteiger partial charge in [-0.15, -0.1) is 0 Å². The fraction of sp³-hybridized carbons (Fsp3) is 0.791. The van der Waals surface area contributed by atoms with Crippen LogP contribution >= 0.6 is 0 Å². The molecule has 4 aliphatic carbocycles. The molecule has 9 atom stereocenters. The van der Waals surface area contributed by atoms with Crippen molar-refractivity contribution in [1.82, 2.24) is 0 Å². The van der Waals surface area contributed by atoms with E-state index in [4.69, 9.17) is 14.2 Å². The van der Waals surface area contributed by atoms with Crippen LogP contribution in [0.3, 0.4) is 0 Å². The summed E-state index contributed by atoms with van der Waals surface area (Å²) < 4.78 is 18.8. The highest BCUT2D eigenvalue weighted by Gasteiger charge is 2.75. The fourth-order valence-electron chi connectivity index (χ4n) is 10.7. The van der Waals surface area contributed by atoms with Gasteiger partial charge >= 0.3 is 5.97 Å². The summed E-state index contributed by atoms with van der Waals surface area (Å²) in [6.45, 7) is 8.26. The number of hydrogen-bond donors (Lipinski definition) is 1. The largest absolute Gasteiger partial charge is 0.458 e. The number of aliphatic hydroxyl groups excluding tert-OH is 1. The van der Waals surface area contributed by atoms with Gasteiger partial charge in [0.25, 0.3) is 0 Å².